The second-order valence-corrected chi connectivity index (χ2v) is 14.0. The molecule has 1 aromatic heterocycles. The van der Waals surface area contributed by atoms with Crippen LogP contribution in [0.25, 0.3) is 10.9 Å². The van der Waals surface area contributed by atoms with Gasteiger partial charge in [-0.3, -0.25) is 14.4 Å². The minimum absolute atomic E-state index is 0.0175. The van der Waals surface area contributed by atoms with Gasteiger partial charge in [-0.15, -0.1) is 0 Å². The quantitative estimate of drug-likeness (QED) is 0.116. The number of nitrogens with two attached hydrogens (primary N) is 1. The number of halogens is 4. The van der Waals surface area contributed by atoms with E-state index in [1.807, 2.05) is 20.1 Å². The summed E-state index contributed by atoms with van der Waals surface area (Å²) < 4.78 is 56.0. The van der Waals surface area contributed by atoms with Crippen molar-refractivity contribution in [1.29, 1.82) is 0 Å². The molecule has 1 aliphatic rings. The molecule has 1 amide bonds. The van der Waals surface area contributed by atoms with Crippen LogP contribution in [0.4, 0.5) is 17.6 Å². The smallest absolute Gasteiger partial charge is 0.393 e. The van der Waals surface area contributed by atoms with Crippen molar-refractivity contribution in [3.05, 3.63) is 70.7 Å². The summed E-state index contributed by atoms with van der Waals surface area (Å²) >= 11 is 6.83. The molecule has 0 fully saturated rings. The summed E-state index contributed by atoms with van der Waals surface area (Å²) in [6.45, 7) is 3.91. The fourth-order valence-corrected chi connectivity index (χ4v) is 7.34. The molecule has 4 rings (SSSR count). The number of thiocarbonyl (C=S) groups is 1. The number of ketones is 2. The average Bonchev–Trinajstić information content (AvgIpc) is 3.39. The van der Waals surface area contributed by atoms with E-state index in [4.69, 9.17) is 18.0 Å². The molecule has 0 saturated carbocycles. The predicted molar refractivity (Wildman–Crippen MR) is 182 cm³/mol. The molecule has 0 radical (unpaired) electrons. The maximum absolute atomic E-state index is 14.4. The Morgan fingerprint density at radius 1 is 1.13 bits per heavy atom. The molecular formula is C35H41F4N3O3S2. The van der Waals surface area contributed by atoms with E-state index in [0.29, 0.717) is 35.2 Å². The minimum atomic E-state index is -4.59. The summed E-state index contributed by atoms with van der Waals surface area (Å²) in [6, 6.07) is 9.90. The molecule has 1 aliphatic carbocycles. The van der Waals surface area contributed by atoms with Crippen LogP contribution in [-0.2, 0) is 39.8 Å². The third-order valence-electron chi connectivity index (χ3n) is 9.47. The minimum Gasteiger partial charge on any atom is -0.393 e. The van der Waals surface area contributed by atoms with Crippen molar-refractivity contribution < 1.29 is 31.9 Å². The Balaban J connectivity index is 1.71. The number of thioether (sulfide) groups is 1. The fourth-order valence-electron chi connectivity index (χ4n) is 6.51. The average molecular weight is 692 g/mol. The van der Waals surface area contributed by atoms with Gasteiger partial charge in [0.05, 0.1) is 16.1 Å². The van der Waals surface area contributed by atoms with E-state index in [-0.39, 0.29) is 72.1 Å². The predicted octanol–water partition coefficient (Wildman–Crippen LogP) is 7.15. The highest BCUT2D eigenvalue weighted by molar-refractivity contribution is 7.98. The molecule has 254 valence electrons. The zero-order chi connectivity index (χ0) is 34.5. The van der Waals surface area contributed by atoms with Gasteiger partial charge in [0.25, 0.3) is 0 Å². The van der Waals surface area contributed by atoms with Crippen LogP contribution in [0.3, 0.4) is 0 Å². The Kier molecular flexibility index (Phi) is 11.9. The summed E-state index contributed by atoms with van der Waals surface area (Å²) in [5.41, 5.74) is 5.11. The number of hydrogen-bond donors (Lipinski definition) is 3. The molecule has 1 unspecified atom stereocenters. The maximum atomic E-state index is 14.4. The molecular weight excluding hydrogens is 651 g/mol. The molecule has 0 saturated heterocycles. The first kappa shape index (κ1) is 36.6. The highest BCUT2D eigenvalue weighted by atomic mass is 32.2. The number of Topliss-reactive ketones (excluding diaryl/α,β-unsaturated/α-hetero) is 2. The number of alkyl halides is 3. The fraction of sp³-hybridized carbons (Fsp3) is 0.486. The molecule has 12 heteroatoms. The number of aromatic nitrogens is 1. The van der Waals surface area contributed by atoms with Crippen molar-refractivity contribution in [2.45, 2.75) is 76.9 Å². The summed E-state index contributed by atoms with van der Waals surface area (Å²) in [4.78, 5) is 44.7. The maximum Gasteiger partial charge on any atom is 0.418 e. The van der Waals surface area contributed by atoms with Crippen LogP contribution >= 0.6 is 24.0 Å². The van der Waals surface area contributed by atoms with Crippen LogP contribution in [-0.4, -0.2) is 45.0 Å². The van der Waals surface area contributed by atoms with Crippen molar-refractivity contribution in [1.82, 2.24) is 10.3 Å². The van der Waals surface area contributed by atoms with Crippen molar-refractivity contribution in [3.63, 3.8) is 0 Å². The summed E-state index contributed by atoms with van der Waals surface area (Å²) in [6.07, 6.45) is -1.70. The molecule has 3 aromatic rings. The highest BCUT2D eigenvalue weighted by Crippen LogP contribution is 2.41. The van der Waals surface area contributed by atoms with Gasteiger partial charge in [-0.05, 0) is 60.4 Å². The van der Waals surface area contributed by atoms with E-state index in [9.17, 15) is 31.9 Å². The lowest BCUT2D eigenvalue weighted by atomic mass is 9.73. The second kappa shape index (κ2) is 15.3. The number of rotatable bonds is 15. The Labute approximate surface area is 282 Å². The van der Waals surface area contributed by atoms with Gasteiger partial charge >= 0.3 is 6.18 Å². The Morgan fingerprint density at radius 2 is 1.85 bits per heavy atom. The lowest BCUT2D eigenvalue weighted by Crippen LogP contribution is -2.59. The van der Waals surface area contributed by atoms with E-state index < -0.39 is 40.8 Å². The first-order valence-electron chi connectivity index (χ1n) is 15.8. The number of para-hydroxylation sites is 1. The molecule has 0 bridgehead atoms. The first-order valence-corrected chi connectivity index (χ1v) is 17.6. The number of benzene rings is 2. The van der Waals surface area contributed by atoms with Crippen molar-refractivity contribution >= 4 is 57.3 Å². The summed E-state index contributed by atoms with van der Waals surface area (Å²) in [5, 5.41) is 3.36. The van der Waals surface area contributed by atoms with Crippen LogP contribution in [0.5, 0.6) is 0 Å². The van der Waals surface area contributed by atoms with Gasteiger partial charge < -0.3 is 16.0 Å². The normalized spacial score (nSPS) is 18.3. The van der Waals surface area contributed by atoms with Gasteiger partial charge in [0.1, 0.15) is 17.1 Å². The molecule has 4 N–H and O–H groups in total. The molecule has 6 nitrogen and oxygen atoms in total. The molecule has 47 heavy (non-hydrogen) atoms. The Hall–Kier alpha value is -3.25. The van der Waals surface area contributed by atoms with Gasteiger partial charge in [0.15, 0.2) is 5.78 Å². The van der Waals surface area contributed by atoms with Crippen molar-refractivity contribution in [2.24, 2.45) is 23.5 Å². The standard InChI is InChI=1S/C35H41F4N3O3S2/c1-4-20(2)25(32(40)46)18-30(44)34(14-12-29-26(19-34)24-9-7-10-27(31(24)41-29)35(37,38)39)42-33(45)22(13-15-47-3)17-23(43)16-21-8-5-6-11-28(21)36/h5-11,20,22,25,41H,4,12-19H2,1-3H3,(H2,40,46)(H,42,45)/t20?,22-,25+,34-/m1/s1. The number of nitrogens with one attached hydrogen (secondary N) is 2. The summed E-state index contributed by atoms with van der Waals surface area (Å²) in [7, 11) is 0. The van der Waals surface area contributed by atoms with Gasteiger partial charge in [-0.2, -0.15) is 24.9 Å². The number of hydrogen-bond acceptors (Lipinski definition) is 5. The molecule has 1 heterocycles. The van der Waals surface area contributed by atoms with E-state index in [0.717, 1.165) is 6.07 Å². The van der Waals surface area contributed by atoms with Gasteiger partial charge in [0.2, 0.25) is 5.91 Å². The Bertz CT molecular complexity index is 1640. The van der Waals surface area contributed by atoms with Gasteiger partial charge in [-0.1, -0.05) is 62.8 Å². The molecule has 4 atom stereocenters. The topological polar surface area (TPSA) is 105 Å². The molecule has 0 aliphatic heterocycles. The van der Waals surface area contributed by atoms with Crippen molar-refractivity contribution in [2.75, 3.05) is 12.0 Å². The Morgan fingerprint density at radius 3 is 2.49 bits per heavy atom. The molecule has 0 spiro atoms. The number of aromatic amines is 1. The van der Waals surface area contributed by atoms with Gasteiger partial charge in [-0.25, -0.2) is 4.39 Å². The van der Waals surface area contributed by atoms with Crippen LogP contribution in [0.2, 0.25) is 0 Å². The number of carbonyl (C=O) groups excluding carboxylic acids is 3. The molecule has 2 aromatic carbocycles. The van der Waals surface area contributed by atoms with Crippen LogP contribution < -0.4 is 11.1 Å². The SMILES string of the molecule is CCC(C)[C@H](CC(=O)[C@@]1(NC(=O)[C@H](CCSC)CC(=O)Cc2ccccc2F)CCc2[nH]c3c(C(F)(F)F)cccc3c2C1)C(N)=S. The zero-order valence-corrected chi connectivity index (χ0v) is 28.4. The van der Waals surface area contributed by atoms with E-state index in [1.165, 1.54) is 36.0 Å². The monoisotopic (exact) mass is 691 g/mol. The van der Waals surface area contributed by atoms with E-state index >= 15 is 0 Å². The summed E-state index contributed by atoms with van der Waals surface area (Å²) in [5.74, 6) is -2.31. The third-order valence-corrected chi connectivity index (χ3v) is 10.4. The van der Waals surface area contributed by atoms with E-state index in [2.05, 4.69) is 10.3 Å². The number of H-pyrrole nitrogens is 1. The first-order chi connectivity index (χ1) is 22.2. The lowest BCUT2D eigenvalue weighted by molar-refractivity contribution is -0.136. The van der Waals surface area contributed by atoms with Crippen LogP contribution in [0.15, 0.2) is 42.5 Å². The van der Waals surface area contributed by atoms with Crippen LogP contribution in [0.1, 0.15) is 68.3 Å². The van der Waals surface area contributed by atoms with E-state index in [1.54, 1.807) is 12.1 Å². The van der Waals surface area contributed by atoms with Crippen LogP contribution in [0, 0.1) is 23.6 Å². The lowest BCUT2D eigenvalue weighted by Gasteiger charge is -2.39. The number of amides is 1. The second-order valence-electron chi connectivity index (χ2n) is 12.6. The highest BCUT2D eigenvalue weighted by Gasteiger charge is 2.46. The number of aryl methyl sites for hydroxylation is 1. The third kappa shape index (κ3) is 8.43. The van der Waals surface area contributed by atoms with Crippen molar-refractivity contribution in [3.8, 4) is 0 Å². The van der Waals surface area contributed by atoms with Gasteiger partial charge in [0, 0.05) is 48.6 Å². The zero-order valence-electron chi connectivity index (χ0n) is 26.8. The number of carbonyl (C=O) groups is 3. The number of fused-ring (bicyclic) bond motifs is 3. The largest absolute Gasteiger partial charge is 0.418 e.